The number of hydrogen-bond acceptors (Lipinski definition) is 2. The Labute approximate surface area is 116 Å². The van der Waals surface area contributed by atoms with Gasteiger partial charge in [-0.3, -0.25) is 0 Å². The molecule has 0 amide bonds. The lowest BCUT2D eigenvalue weighted by atomic mass is 9.93. The molecule has 2 nitrogen and oxygen atoms in total. The largest absolute Gasteiger partial charge is 0.375 e. The number of ether oxygens (including phenoxy) is 1. The number of nitrogens with one attached hydrogen (secondary N) is 1. The van der Waals surface area contributed by atoms with Crippen molar-refractivity contribution < 1.29 is 4.74 Å². The summed E-state index contributed by atoms with van der Waals surface area (Å²) in [6, 6.07) is 9.44. The minimum atomic E-state index is 0.464. The molecule has 4 atom stereocenters. The van der Waals surface area contributed by atoms with Crippen molar-refractivity contribution in [2.75, 3.05) is 6.54 Å². The summed E-state index contributed by atoms with van der Waals surface area (Å²) >= 11 is 0. The van der Waals surface area contributed by atoms with Crippen LogP contribution < -0.4 is 5.32 Å². The molecule has 1 aliphatic heterocycles. The Morgan fingerprint density at radius 1 is 1.26 bits per heavy atom. The van der Waals surface area contributed by atoms with E-state index in [-0.39, 0.29) is 0 Å². The second-order valence-electron chi connectivity index (χ2n) is 6.08. The van der Waals surface area contributed by atoms with Crippen LogP contribution in [-0.4, -0.2) is 18.8 Å². The summed E-state index contributed by atoms with van der Waals surface area (Å²) in [5, 5.41) is 3.68. The molecule has 2 heteroatoms. The highest BCUT2D eigenvalue weighted by atomic mass is 16.5. The van der Waals surface area contributed by atoms with Gasteiger partial charge in [0.1, 0.15) is 0 Å². The van der Waals surface area contributed by atoms with Gasteiger partial charge in [-0.2, -0.15) is 0 Å². The fourth-order valence-corrected chi connectivity index (χ4v) is 3.79. The van der Waals surface area contributed by atoms with E-state index in [1.165, 1.54) is 36.8 Å². The molecule has 1 aromatic rings. The van der Waals surface area contributed by atoms with E-state index < -0.39 is 0 Å². The zero-order valence-electron chi connectivity index (χ0n) is 12.1. The first-order valence-electron chi connectivity index (χ1n) is 7.74. The molecule has 0 saturated carbocycles. The van der Waals surface area contributed by atoms with Crippen molar-refractivity contribution in [1.29, 1.82) is 0 Å². The van der Waals surface area contributed by atoms with Crippen molar-refractivity contribution in [2.24, 2.45) is 5.92 Å². The van der Waals surface area contributed by atoms with E-state index in [2.05, 4.69) is 43.4 Å². The van der Waals surface area contributed by atoms with Crippen LogP contribution in [0.4, 0.5) is 0 Å². The van der Waals surface area contributed by atoms with Crippen LogP contribution in [0.15, 0.2) is 24.3 Å². The predicted molar refractivity (Wildman–Crippen MR) is 78.2 cm³/mol. The quantitative estimate of drug-likeness (QED) is 0.894. The van der Waals surface area contributed by atoms with Crippen molar-refractivity contribution in [2.45, 2.75) is 57.8 Å². The average Bonchev–Trinajstić information content (AvgIpc) is 2.96. The van der Waals surface area contributed by atoms with Crippen LogP contribution in [0.1, 0.15) is 50.3 Å². The Morgan fingerprint density at radius 3 is 2.84 bits per heavy atom. The summed E-state index contributed by atoms with van der Waals surface area (Å²) in [6.45, 7) is 5.44. The van der Waals surface area contributed by atoms with E-state index in [4.69, 9.17) is 4.74 Å². The first-order valence-corrected chi connectivity index (χ1v) is 7.74. The second-order valence-corrected chi connectivity index (χ2v) is 6.08. The van der Waals surface area contributed by atoms with Gasteiger partial charge in [-0.1, -0.05) is 31.2 Å². The molecule has 1 heterocycles. The Bertz CT molecular complexity index is 431. The zero-order valence-corrected chi connectivity index (χ0v) is 12.1. The molecule has 1 N–H and O–H groups in total. The van der Waals surface area contributed by atoms with E-state index in [1.54, 1.807) is 0 Å². The van der Waals surface area contributed by atoms with Gasteiger partial charge in [0.15, 0.2) is 0 Å². The van der Waals surface area contributed by atoms with Crippen LogP contribution in [0.2, 0.25) is 0 Å². The van der Waals surface area contributed by atoms with E-state index in [1.807, 2.05) is 0 Å². The fourth-order valence-electron chi connectivity index (χ4n) is 3.79. The molecular formula is C17H25NO. The highest BCUT2D eigenvalue weighted by Gasteiger charge is 2.35. The first-order chi connectivity index (χ1) is 9.28. The highest BCUT2D eigenvalue weighted by molar-refractivity contribution is 5.35. The summed E-state index contributed by atoms with van der Waals surface area (Å²) in [5.41, 5.74) is 3.05. The normalized spacial score (nSPS) is 33.6. The lowest BCUT2D eigenvalue weighted by Gasteiger charge is -2.24. The number of hydrogen-bond donors (Lipinski definition) is 1. The van der Waals surface area contributed by atoms with Crippen LogP contribution in [0, 0.1) is 5.92 Å². The molecular weight excluding hydrogens is 234 g/mol. The van der Waals surface area contributed by atoms with Crippen molar-refractivity contribution in [1.82, 2.24) is 5.32 Å². The van der Waals surface area contributed by atoms with Gasteiger partial charge in [-0.15, -0.1) is 0 Å². The Balaban J connectivity index is 1.72. The van der Waals surface area contributed by atoms with E-state index in [9.17, 15) is 0 Å². The monoisotopic (exact) mass is 259 g/mol. The van der Waals surface area contributed by atoms with E-state index in [0.717, 1.165) is 6.54 Å². The molecule has 3 rings (SSSR count). The SMILES string of the molecule is CCNC1c2ccccc2CC1CC1CCC(C)O1. The average molecular weight is 259 g/mol. The van der Waals surface area contributed by atoms with Crippen LogP contribution in [0.25, 0.3) is 0 Å². The summed E-state index contributed by atoms with van der Waals surface area (Å²) < 4.78 is 6.02. The first kappa shape index (κ1) is 13.1. The van der Waals surface area contributed by atoms with Gasteiger partial charge < -0.3 is 10.1 Å². The third-order valence-electron chi connectivity index (χ3n) is 4.65. The summed E-state index contributed by atoms with van der Waals surface area (Å²) in [5.74, 6) is 0.702. The smallest absolute Gasteiger partial charge is 0.0583 e. The molecule has 1 aliphatic carbocycles. The maximum absolute atomic E-state index is 6.02. The minimum absolute atomic E-state index is 0.464. The van der Waals surface area contributed by atoms with Gasteiger partial charge in [0, 0.05) is 6.04 Å². The van der Waals surface area contributed by atoms with Gasteiger partial charge in [0.2, 0.25) is 0 Å². The topological polar surface area (TPSA) is 21.3 Å². The molecule has 0 spiro atoms. The van der Waals surface area contributed by atoms with Gasteiger partial charge >= 0.3 is 0 Å². The van der Waals surface area contributed by atoms with Crippen LogP contribution in [-0.2, 0) is 11.2 Å². The van der Waals surface area contributed by atoms with Crippen molar-refractivity contribution in [3.8, 4) is 0 Å². The lowest BCUT2D eigenvalue weighted by Crippen LogP contribution is -2.27. The maximum Gasteiger partial charge on any atom is 0.0583 e. The van der Waals surface area contributed by atoms with E-state index >= 15 is 0 Å². The second kappa shape index (κ2) is 5.64. The van der Waals surface area contributed by atoms with Gasteiger partial charge in [-0.05, 0) is 56.2 Å². The molecule has 1 saturated heterocycles. The minimum Gasteiger partial charge on any atom is -0.375 e. The van der Waals surface area contributed by atoms with E-state index in [0.29, 0.717) is 24.2 Å². The Kier molecular flexibility index (Phi) is 3.90. The zero-order chi connectivity index (χ0) is 13.2. The van der Waals surface area contributed by atoms with Crippen molar-refractivity contribution in [3.63, 3.8) is 0 Å². The number of fused-ring (bicyclic) bond motifs is 1. The Morgan fingerprint density at radius 2 is 2.11 bits per heavy atom. The lowest BCUT2D eigenvalue weighted by molar-refractivity contribution is 0.0381. The van der Waals surface area contributed by atoms with Gasteiger partial charge in [-0.25, -0.2) is 0 Å². The molecule has 2 aliphatic rings. The summed E-state index contributed by atoms with van der Waals surface area (Å²) in [6.07, 6.45) is 5.84. The number of benzene rings is 1. The molecule has 0 radical (unpaired) electrons. The molecule has 1 aromatic carbocycles. The molecule has 104 valence electrons. The van der Waals surface area contributed by atoms with Crippen molar-refractivity contribution >= 4 is 0 Å². The predicted octanol–water partition coefficient (Wildman–Crippen LogP) is 3.47. The Hall–Kier alpha value is -0.860. The molecule has 19 heavy (non-hydrogen) atoms. The summed E-state index contributed by atoms with van der Waals surface area (Å²) in [4.78, 5) is 0. The molecule has 0 bridgehead atoms. The van der Waals surface area contributed by atoms with Gasteiger partial charge in [0.05, 0.1) is 12.2 Å². The number of rotatable bonds is 4. The third kappa shape index (κ3) is 2.70. The fraction of sp³-hybridized carbons (Fsp3) is 0.647. The molecule has 0 aromatic heterocycles. The van der Waals surface area contributed by atoms with Crippen molar-refractivity contribution in [3.05, 3.63) is 35.4 Å². The van der Waals surface area contributed by atoms with Crippen LogP contribution in [0.3, 0.4) is 0 Å². The maximum atomic E-state index is 6.02. The molecule has 1 fully saturated rings. The van der Waals surface area contributed by atoms with Crippen LogP contribution in [0.5, 0.6) is 0 Å². The summed E-state index contributed by atoms with van der Waals surface area (Å²) in [7, 11) is 0. The third-order valence-corrected chi connectivity index (χ3v) is 4.65. The van der Waals surface area contributed by atoms with Crippen LogP contribution >= 0.6 is 0 Å². The standard InChI is InChI=1S/C17H25NO/c1-3-18-17-14(11-15-9-8-12(2)19-15)10-13-6-4-5-7-16(13)17/h4-7,12,14-15,17-18H,3,8-11H2,1-2H3. The molecule has 4 unspecified atom stereocenters. The highest BCUT2D eigenvalue weighted by Crippen LogP contribution is 2.40. The van der Waals surface area contributed by atoms with Gasteiger partial charge in [0.25, 0.3) is 0 Å².